The smallest absolute Gasteiger partial charge is 0.192 e. The molecule has 0 unspecified atom stereocenters. The summed E-state index contributed by atoms with van der Waals surface area (Å²) < 4.78 is 6.74. The summed E-state index contributed by atoms with van der Waals surface area (Å²) in [5.74, 6) is 0. The second-order valence-corrected chi connectivity index (χ2v) is 13.6. The number of hydrogen-bond acceptors (Lipinski definition) is 2. The van der Waals surface area contributed by atoms with Crippen LogP contribution in [0.5, 0.6) is 0 Å². The van der Waals surface area contributed by atoms with Gasteiger partial charge in [-0.3, -0.25) is 0 Å². The summed E-state index contributed by atoms with van der Waals surface area (Å²) in [5, 5.41) is 10.7. The van der Waals surface area contributed by atoms with Crippen LogP contribution >= 0.6 is 0 Å². The standard InChI is InChI=1S/C24H34O2Si/c1-19(17-22(25)20-13-9-7-10-14-20)18-23(21-15-11-8-12-16-21)26-27(5,6)24(2,3)4/h7-16,22-23,25H,1,17-18H2,2-6H3/t22-,23-/m1/s1. The van der Waals surface area contributed by atoms with Crippen molar-refractivity contribution in [3.8, 4) is 0 Å². The van der Waals surface area contributed by atoms with Crippen LogP contribution in [0.3, 0.4) is 0 Å². The largest absolute Gasteiger partial charge is 0.410 e. The van der Waals surface area contributed by atoms with Crippen LogP contribution in [0.15, 0.2) is 72.8 Å². The summed E-state index contributed by atoms with van der Waals surface area (Å²) in [6, 6.07) is 20.2. The van der Waals surface area contributed by atoms with Gasteiger partial charge in [-0.25, -0.2) is 0 Å². The third kappa shape index (κ3) is 6.17. The average molecular weight is 383 g/mol. The summed E-state index contributed by atoms with van der Waals surface area (Å²) in [6.45, 7) is 15.6. The molecule has 2 nitrogen and oxygen atoms in total. The fourth-order valence-electron chi connectivity index (χ4n) is 2.84. The van der Waals surface area contributed by atoms with E-state index in [-0.39, 0.29) is 11.1 Å². The lowest BCUT2D eigenvalue weighted by Crippen LogP contribution is -2.41. The molecule has 0 saturated carbocycles. The van der Waals surface area contributed by atoms with Gasteiger partial charge in [-0.05, 0) is 42.1 Å². The molecule has 0 fully saturated rings. The predicted octanol–water partition coefficient (Wildman–Crippen LogP) is 6.82. The minimum absolute atomic E-state index is 0.0254. The number of hydrogen-bond donors (Lipinski definition) is 1. The SMILES string of the molecule is C=C(C[C@@H](O)c1ccccc1)C[C@@H](O[Si](C)(C)C(C)(C)C)c1ccccc1. The highest BCUT2D eigenvalue weighted by atomic mass is 28.4. The molecule has 0 aliphatic rings. The van der Waals surface area contributed by atoms with Crippen molar-refractivity contribution in [3.05, 3.63) is 83.9 Å². The lowest BCUT2D eigenvalue weighted by molar-refractivity contribution is 0.161. The van der Waals surface area contributed by atoms with Crippen molar-refractivity contribution < 1.29 is 9.53 Å². The van der Waals surface area contributed by atoms with Crippen LogP contribution in [-0.4, -0.2) is 13.4 Å². The summed E-state index contributed by atoms with van der Waals surface area (Å²) in [7, 11) is -1.93. The van der Waals surface area contributed by atoms with Gasteiger partial charge < -0.3 is 9.53 Å². The highest BCUT2D eigenvalue weighted by Gasteiger charge is 2.39. The molecule has 3 heteroatoms. The molecule has 0 aromatic heterocycles. The van der Waals surface area contributed by atoms with Gasteiger partial charge in [0.2, 0.25) is 0 Å². The van der Waals surface area contributed by atoms with Crippen LogP contribution in [-0.2, 0) is 4.43 Å². The van der Waals surface area contributed by atoms with Gasteiger partial charge in [-0.1, -0.05) is 93.6 Å². The molecule has 0 amide bonds. The molecular formula is C24H34O2Si. The van der Waals surface area contributed by atoms with E-state index in [0.29, 0.717) is 6.42 Å². The molecule has 2 rings (SSSR count). The normalized spacial score (nSPS) is 14.6. The third-order valence-electron chi connectivity index (χ3n) is 5.55. The van der Waals surface area contributed by atoms with Crippen molar-refractivity contribution in [2.24, 2.45) is 0 Å². The quantitative estimate of drug-likeness (QED) is 0.401. The maximum atomic E-state index is 10.5. The van der Waals surface area contributed by atoms with Crippen LogP contribution in [0, 0.1) is 0 Å². The molecule has 2 atom stereocenters. The highest BCUT2D eigenvalue weighted by molar-refractivity contribution is 6.74. The van der Waals surface area contributed by atoms with Crippen molar-refractivity contribution in [3.63, 3.8) is 0 Å². The summed E-state index contributed by atoms with van der Waals surface area (Å²) in [6.07, 6.45) is 0.722. The number of rotatable bonds is 8. The highest BCUT2D eigenvalue weighted by Crippen LogP contribution is 2.41. The molecule has 2 aromatic rings. The Kier molecular flexibility index (Phi) is 7.21. The number of aliphatic hydroxyl groups excluding tert-OH is 1. The Morgan fingerprint density at radius 1 is 0.926 bits per heavy atom. The number of aliphatic hydroxyl groups is 1. The van der Waals surface area contributed by atoms with E-state index in [1.807, 2.05) is 36.4 Å². The van der Waals surface area contributed by atoms with Gasteiger partial charge in [0, 0.05) is 0 Å². The Hall–Kier alpha value is -1.68. The molecule has 0 radical (unpaired) electrons. The maximum Gasteiger partial charge on any atom is 0.192 e. The van der Waals surface area contributed by atoms with Gasteiger partial charge in [-0.15, -0.1) is 0 Å². The molecular weight excluding hydrogens is 348 g/mol. The second kappa shape index (κ2) is 9.00. The minimum atomic E-state index is -1.93. The van der Waals surface area contributed by atoms with Crippen LogP contribution < -0.4 is 0 Å². The first-order valence-electron chi connectivity index (χ1n) is 9.72. The van der Waals surface area contributed by atoms with E-state index in [0.717, 1.165) is 17.6 Å². The van der Waals surface area contributed by atoms with E-state index in [4.69, 9.17) is 4.43 Å². The average Bonchev–Trinajstić information content (AvgIpc) is 2.61. The Morgan fingerprint density at radius 3 is 1.89 bits per heavy atom. The monoisotopic (exact) mass is 382 g/mol. The summed E-state index contributed by atoms with van der Waals surface area (Å²) in [4.78, 5) is 0. The minimum Gasteiger partial charge on any atom is -0.410 e. The van der Waals surface area contributed by atoms with Crippen LogP contribution in [0.2, 0.25) is 18.1 Å². The maximum absolute atomic E-state index is 10.5. The van der Waals surface area contributed by atoms with Gasteiger partial charge in [0.05, 0.1) is 12.2 Å². The molecule has 0 spiro atoms. The lowest BCUT2D eigenvalue weighted by Gasteiger charge is -2.39. The first-order valence-corrected chi connectivity index (χ1v) is 12.6. The second-order valence-electron chi connectivity index (χ2n) is 8.86. The van der Waals surface area contributed by atoms with E-state index in [2.05, 4.69) is 64.7 Å². The van der Waals surface area contributed by atoms with Gasteiger partial charge >= 0.3 is 0 Å². The van der Waals surface area contributed by atoms with Crippen molar-refractivity contribution in [2.45, 2.75) is 64.0 Å². The topological polar surface area (TPSA) is 29.5 Å². The van der Waals surface area contributed by atoms with E-state index < -0.39 is 14.4 Å². The Labute approximate surface area is 166 Å². The van der Waals surface area contributed by atoms with Crippen LogP contribution in [0.25, 0.3) is 0 Å². The van der Waals surface area contributed by atoms with E-state index in [9.17, 15) is 5.11 Å². The van der Waals surface area contributed by atoms with Gasteiger partial charge in [0.25, 0.3) is 0 Å². The Bertz CT molecular complexity index is 717. The lowest BCUT2D eigenvalue weighted by atomic mass is 9.96. The molecule has 0 heterocycles. The predicted molar refractivity (Wildman–Crippen MR) is 117 cm³/mol. The fraction of sp³-hybridized carbons (Fsp3) is 0.417. The molecule has 0 aliphatic heterocycles. The molecule has 146 valence electrons. The summed E-state index contributed by atoms with van der Waals surface area (Å²) >= 11 is 0. The molecule has 0 bridgehead atoms. The van der Waals surface area contributed by atoms with E-state index in [1.165, 1.54) is 5.56 Å². The zero-order chi connectivity index (χ0) is 20.1. The fourth-order valence-corrected chi connectivity index (χ4v) is 4.12. The van der Waals surface area contributed by atoms with E-state index >= 15 is 0 Å². The zero-order valence-corrected chi connectivity index (χ0v) is 18.4. The van der Waals surface area contributed by atoms with Gasteiger partial charge in [0.1, 0.15) is 0 Å². The van der Waals surface area contributed by atoms with Crippen molar-refractivity contribution >= 4 is 8.32 Å². The summed E-state index contributed by atoms with van der Waals surface area (Å²) in [5.41, 5.74) is 3.12. The van der Waals surface area contributed by atoms with Crippen LogP contribution in [0.4, 0.5) is 0 Å². The molecule has 1 N–H and O–H groups in total. The van der Waals surface area contributed by atoms with Crippen molar-refractivity contribution in [1.29, 1.82) is 0 Å². The molecule has 0 saturated heterocycles. The van der Waals surface area contributed by atoms with Gasteiger partial charge in [0.15, 0.2) is 8.32 Å². The zero-order valence-electron chi connectivity index (χ0n) is 17.4. The number of benzene rings is 2. The first kappa shape index (κ1) is 21.6. The molecule has 27 heavy (non-hydrogen) atoms. The van der Waals surface area contributed by atoms with Crippen LogP contribution in [0.1, 0.15) is 56.9 Å². The van der Waals surface area contributed by atoms with E-state index in [1.54, 1.807) is 0 Å². The Morgan fingerprint density at radius 2 is 1.41 bits per heavy atom. The third-order valence-corrected chi connectivity index (χ3v) is 10.0. The molecule has 0 aliphatic carbocycles. The first-order chi connectivity index (χ1) is 12.6. The molecule has 2 aromatic carbocycles. The van der Waals surface area contributed by atoms with Gasteiger partial charge in [-0.2, -0.15) is 0 Å². The van der Waals surface area contributed by atoms with Crippen molar-refractivity contribution in [1.82, 2.24) is 0 Å². The van der Waals surface area contributed by atoms with Crippen molar-refractivity contribution in [2.75, 3.05) is 0 Å². The Balaban J connectivity index is 2.13.